The molecule has 1 aromatic carbocycles. The summed E-state index contributed by atoms with van der Waals surface area (Å²) in [6.45, 7) is 4.59. The predicted molar refractivity (Wildman–Crippen MR) is 77.9 cm³/mol. The number of esters is 1. The van der Waals surface area contributed by atoms with Crippen LogP contribution < -0.4 is 4.74 Å². The number of benzene rings is 1. The average Bonchev–Trinajstić information content (AvgIpc) is 2.91. The second-order valence-electron chi connectivity index (χ2n) is 5.24. The van der Waals surface area contributed by atoms with Gasteiger partial charge in [0.2, 0.25) is 0 Å². The Kier molecular flexibility index (Phi) is 5.41. The summed E-state index contributed by atoms with van der Waals surface area (Å²) in [6.07, 6.45) is 2.89. The van der Waals surface area contributed by atoms with Gasteiger partial charge in [-0.3, -0.25) is 9.69 Å². The lowest BCUT2D eigenvalue weighted by Crippen LogP contribution is -2.37. The molecule has 2 rings (SSSR count). The molecule has 1 aliphatic rings. The molecular weight excluding hydrogens is 254 g/mol. The Balaban J connectivity index is 1.71. The van der Waals surface area contributed by atoms with Gasteiger partial charge in [0, 0.05) is 6.54 Å². The molecule has 4 nitrogen and oxygen atoms in total. The van der Waals surface area contributed by atoms with Gasteiger partial charge >= 0.3 is 5.97 Å². The first-order chi connectivity index (χ1) is 9.70. The summed E-state index contributed by atoms with van der Waals surface area (Å²) in [7, 11) is 1.46. The van der Waals surface area contributed by atoms with Crippen molar-refractivity contribution in [2.24, 2.45) is 0 Å². The van der Waals surface area contributed by atoms with Crippen LogP contribution in [-0.2, 0) is 9.53 Å². The van der Waals surface area contributed by atoms with E-state index >= 15 is 0 Å². The van der Waals surface area contributed by atoms with Gasteiger partial charge in [0.1, 0.15) is 11.8 Å². The van der Waals surface area contributed by atoms with Crippen LogP contribution in [0.1, 0.15) is 24.8 Å². The summed E-state index contributed by atoms with van der Waals surface area (Å²) in [5.74, 6) is 0.804. The molecule has 1 aliphatic heterocycles. The fourth-order valence-electron chi connectivity index (χ4n) is 2.66. The van der Waals surface area contributed by atoms with Gasteiger partial charge in [-0.1, -0.05) is 12.1 Å². The molecule has 20 heavy (non-hydrogen) atoms. The van der Waals surface area contributed by atoms with Crippen LogP contribution in [0, 0.1) is 6.92 Å². The Hall–Kier alpha value is -1.55. The van der Waals surface area contributed by atoms with Gasteiger partial charge in [-0.15, -0.1) is 0 Å². The lowest BCUT2D eigenvalue weighted by Gasteiger charge is -2.22. The molecule has 1 heterocycles. The van der Waals surface area contributed by atoms with Crippen LogP contribution >= 0.6 is 0 Å². The van der Waals surface area contributed by atoms with Crippen molar-refractivity contribution >= 4 is 5.97 Å². The number of carbonyl (C=O) groups excluding carboxylic acids is 1. The minimum Gasteiger partial charge on any atom is -0.494 e. The SMILES string of the molecule is COC(=O)C1CCCN1CCCOc1cccc(C)c1. The normalized spacial score (nSPS) is 19.0. The number of nitrogens with zero attached hydrogens (tertiary/aromatic N) is 1. The maximum Gasteiger partial charge on any atom is 0.323 e. The second kappa shape index (κ2) is 7.29. The molecule has 0 amide bonds. The van der Waals surface area contributed by atoms with E-state index < -0.39 is 0 Å². The molecule has 0 aromatic heterocycles. The highest BCUT2D eigenvalue weighted by Gasteiger charge is 2.30. The molecule has 0 aliphatic carbocycles. The summed E-state index contributed by atoms with van der Waals surface area (Å²) in [6, 6.07) is 8.00. The third-order valence-electron chi connectivity index (χ3n) is 3.68. The molecule has 0 radical (unpaired) electrons. The second-order valence-corrected chi connectivity index (χ2v) is 5.24. The van der Waals surface area contributed by atoms with Crippen molar-refractivity contribution in [2.75, 3.05) is 26.8 Å². The van der Waals surface area contributed by atoms with Gasteiger partial charge in [-0.05, 0) is 50.4 Å². The van der Waals surface area contributed by atoms with Crippen LogP contribution in [0.2, 0.25) is 0 Å². The van der Waals surface area contributed by atoms with Gasteiger partial charge in [-0.2, -0.15) is 0 Å². The monoisotopic (exact) mass is 277 g/mol. The Labute approximate surface area is 120 Å². The first-order valence-corrected chi connectivity index (χ1v) is 7.22. The quantitative estimate of drug-likeness (QED) is 0.591. The molecule has 0 bridgehead atoms. The summed E-state index contributed by atoms with van der Waals surface area (Å²) < 4.78 is 10.6. The molecule has 1 aromatic rings. The van der Waals surface area contributed by atoms with Crippen molar-refractivity contribution in [3.05, 3.63) is 29.8 Å². The molecule has 1 atom stereocenters. The van der Waals surface area contributed by atoms with Crippen molar-refractivity contribution in [3.63, 3.8) is 0 Å². The van der Waals surface area contributed by atoms with E-state index in [1.54, 1.807) is 0 Å². The Morgan fingerprint density at radius 2 is 2.30 bits per heavy atom. The number of hydrogen-bond acceptors (Lipinski definition) is 4. The number of likely N-dealkylation sites (tertiary alicyclic amines) is 1. The third-order valence-corrected chi connectivity index (χ3v) is 3.68. The number of aryl methyl sites for hydroxylation is 1. The minimum absolute atomic E-state index is 0.0565. The zero-order chi connectivity index (χ0) is 14.4. The van der Waals surface area contributed by atoms with Gasteiger partial charge < -0.3 is 9.47 Å². The van der Waals surface area contributed by atoms with Gasteiger partial charge in [0.25, 0.3) is 0 Å². The van der Waals surface area contributed by atoms with Crippen LogP contribution in [0.5, 0.6) is 5.75 Å². The molecule has 1 saturated heterocycles. The highest BCUT2D eigenvalue weighted by molar-refractivity contribution is 5.75. The molecule has 110 valence electrons. The number of methoxy groups -OCH3 is 1. The van der Waals surface area contributed by atoms with E-state index in [9.17, 15) is 4.79 Å². The van der Waals surface area contributed by atoms with Crippen molar-refractivity contribution in [3.8, 4) is 5.75 Å². The lowest BCUT2D eigenvalue weighted by molar-refractivity contribution is -0.145. The van der Waals surface area contributed by atoms with E-state index in [-0.39, 0.29) is 12.0 Å². The van der Waals surface area contributed by atoms with Crippen LogP contribution in [-0.4, -0.2) is 43.7 Å². The molecule has 4 heteroatoms. The number of rotatable bonds is 6. The molecular formula is C16H23NO3. The molecule has 0 spiro atoms. The Morgan fingerprint density at radius 3 is 3.05 bits per heavy atom. The predicted octanol–water partition coefficient (Wildman–Crippen LogP) is 2.40. The smallest absolute Gasteiger partial charge is 0.323 e. The van der Waals surface area contributed by atoms with Gasteiger partial charge in [-0.25, -0.2) is 0 Å². The summed E-state index contributed by atoms with van der Waals surface area (Å²) >= 11 is 0. The highest BCUT2D eigenvalue weighted by atomic mass is 16.5. The van der Waals surface area contributed by atoms with Crippen LogP contribution in [0.4, 0.5) is 0 Å². The van der Waals surface area contributed by atoms with Crippen molar-refractivity contribution in [1.29, 1.82) is 0 Å². The first-order valence-electron chi connectivity index (χ1n) is 7.22. The van der Waals surface area contributed by atoms with Crippen LogP contribution in [0.3, 0.4) is 0 Å². The van der Waals surface area contributed by atoms with Crippen molar-refractivity contribution in [2.45, 2.75) is 32.2 Å². The maximum atomic E-state index is 11.6. The number of hydrogen-bond donors (Lipinski definition) is 0. The van der Waals surface area contributed by atoms with Gasteiger partial charge in [0.05, 0.1) is 13.7 Å². The zero-order valence-corrected chi connectivity index (χ0v) is 12.3. The standard InChI is InChI=1S/C16H23NO3/c1-13-6-3-7-14(12-13)20-11-5-10-17-9-4-8-15(17)16(18)19-2/h3,6-7,12,15H,4-5,8-11H2,1-2H3. The zero-order valence-electron chi connectivity index (χ0n) is 12.3. The molecule has 0 saturated carbocycles. The third kappa shape index (κ3) is 3.97. The van der Waals surface area contributed by atoms with E-state index in [0.29, 0.717) is 6.61 Å². The van der Waals surface area contributed by atoms with Gasteiger partial charge in [0.15, 0.2) is 0 Å². The number of ether oxygens (including phenoxy) is 2. The van der Waals surface area contributed by atoms with E-state index in [1.807, 2.05) is 18.2 Å². The summed E-state index contributed by atoms with van der Waals surface area (Å²) in [5.41, 5.74) is 1.20. The molecule has 1 fully saturated rings. The van der Waals surface area contributed by atoms with Crippen LogP contribution in [0.15, 0.2) is 24.3 Å². The van der Waals surface area contributed by atoms with E-state index in [2.05, 4.69) is 17.9 Å². The Bertz CT molecular complexity index is 447. The van der Waals surface area contributed by atoms with E-state index in [0.717, 1.165) is 38.1 Å². The van der Waals surface area contributed by atoms with Crippen molar-refractivity contribution < 1.29 is 14.3 Å². The fourth-order valence-corrected chi connectivity index (χ4v) is 2.66. The Morgan fingerprint density at radius 1 is 1.45 bits per heavy atom. The van der Waals surface area contributed by atoms with Crippen molar-refractivity contribution in [1.82, 2.24) is 4.90 Å². The topological polar surface area (TPSA) is 38.8 Å². The lowest BCUT2D eigenvalue weighted by atomic mass is 10.2. The van der Waals surface area contributed by atoms with E-state index in [1.165, 1.54) is 12.7 Å². The van der Waals surface area contributed by atoms with Crippen LogP contribution in [0.25, 0.3) is 0 Å². The maximum absolute atomic E-state index is 11.6. The fraction of sp³-hybridized carbons (Fsp3) is 0.562. The first kappa shape index (κ1) is 14.9. The minimum atomic E-state index is -0.109. The highest BCUT2D eigenvalue weighted by Crippen LogP contribution is 2.18. The number of carbonyl (C=O) groups is 1. The largest absolute Gasteiger partial charge is 0.494 e. The summed E-state index contributed by atoms with van der Waals surface area (Å²) in [4.78, 5) is 13.8. The average molecular weight is 277 g/mol. The summed E-state index contributed by atoms with van der Waals surface area (Å²) in [5, 5.41) is 0. The van der Waals surface area contributed by atoms with E-state index in [4.69, 9.17) is 9.47 Å². The molecule has 0 N–H and O–H groups in total. The molecule has 1 unspecified atom stereocenters.